The zero-order chi connectivity index (χ0) is 21.3. The van der Waals surface area contributed by atoms with Gasteiger partial charge in [0, 0.05) is 18.7 Å². The Morgan fingerprint density at radius 3 is 2.23 bits per heavy atom. The first-order chi connectivity index (χ1) is 12.7. The Morgan fingerprint density at radius 1 is 1.13 bits per heavy atom. The van der Waals surface area contributed by atoms with Crippen LogP contribution in [0, 0.1) is 0 Å². The molecule has 3 N–H and O–H groups in total. The van der Waals surface area contributed by atoms with Crippen molar-refractivity contribution >= 4 is 23.5 Å². The second-order valence-corrected chi connectivity index (χ2v) is 9.58. The van der Waals surface area contributed by atoms with E-state index in [1.807, 2.05) is 4.98 Å². The fourth-order valence-corrected chi connectivity index (χ4v) is 5.09. The zero-order valence-electron chi connectivity index (χ0n) is 16.4. The van der Waals surface area contributed by atoms with Crippen LogP contribution in [0.4, 0.5) is 0 Å². The minimum atomic E-state index is -6.03. The Balaban J connectivity index is 0. The van der Waals surface area contributed by atoms with Crippen LogP contribution in [-0.4, -0.2) is 38.4 Å². The smallest absolute Gasteiger partial charge is 0.756 e. The van der Waals surface area contributed by atoms with Crippen LogP contribution >= 0.6 is 23.5 Å². The van der Waals surface area contributed by atoms with Crippen molar-refractivity contribution in [2.45, 2.75) is 24.9 Å². The van der Waals surface area contributed by atoms with Gasteiger partial charge in [0.1, 0.15) is 6.10 Å². The second kappa shape index (κ2) is 13.9. The number of nitrogens with zero attached hydrogens (tertiary/aromatic N) is 1. The third-order valence-corrected chi connectivity index (χ3v) is 6.80. The molecule has 31 heavy (non-hydrogen) atoms. The van der Waals surface area contributed by atoms with E-state index in [-0.39, 0.29) is 95.1 Å². The van der Waals surface area contributed by atoms with Crippen LogP contribution in [0.25, 0.3) is 0 Å². The maximum absolute atomic E-state index is 11.7. The van der Waals surface area contributed by atoms with Gasteiger partial charge in [-0.2, -0.15) is 0 Å². The van der Waals surface area contributed by atoms with Crippen LogP contribution in [0.2, 0.25) is 0 Å². The van der Waals surface area contributed by atoms with Gasteiger partial charge in [0.25, 0.3) is 29.0 Å². The Hall–Kier alpha value is 2.01. The molecule has 1 fully saturated rings. The molecule has 0 bridgehead atoms. The van der Waals surface area contributed by atoms with Gasteiger partial charge >= 0.3 is 94.4 Å². The van der Waals surface area contributed by atoms with Crippen molar-refractivity contribution in [1.82, 2.24) is 9.55 Å². The Morgan fingerprint density at radius 2 is 1.71 bits per heavy atom. The molecule has 1 aliphatic heterocycles. The van der Waals surface area contributed by atoms with Crippen molar-refractivity contribution in [3.05, 3.63) is 33.1 Å². The predicted molar refractivity (Wildman–Crippen MR) is 79.0 cm³/mol. The molecule has 2 rings (SSSR count). The normalized spacial score (nSPS) is 26.2. The summed E-state index contributed by atoms with van der Waals surface area (Å²) in [5.74, 6) is 0. The molecule has 0 aromatic carbocycles. The minimum absolute atomic E-state index is 0. The summed E-state index contributed by atoms with van der Waals surface area (Å²) in [7, 11) is -17.6. The van der Waals surface area contributed by atoms with E-state index in [4.69, 9.17) is 9.63 Å². The van der Waals surface area contributed by atoms with Crippen molar-refractivity contribution in [2.24, 2.45) is 0 Å². The molecule has 6 atom stereocenters. The number of aromatic amines is 1. The average Bonchev–Trinajstić information content (AvgIpc) is 2.82. The summed E-state index contributed by atoms with van der Waals surface area (Å²) in [6.45, 7) is -0.888. The second-order valence-electron chi connectivity index (χ2n) is 5.29. The number of hydrogen-bond donors (Lipinski definition) is 3. The van der Waals surface area contributed by atoms with Gasteiger partial charge < -0.3 is 33.9 Å². The zero-order valence-corrected chi connectivity index (χ0v) is 25.1. The van der Waals surface area contributed by atoms with Crippen molar-refractivity contribution in [1.29, 1.82) is 0 Å². The third kappa shape index (κ3) is 12.0. The topological polar surface area (TPSA) is 253 Å². The Kier molecular flexibility index (Phi) is 15.8. The molecular weight excluding hydrogens is 522 g/mol. The maximum Gasteiger partial charge on any atom is 1.00 e. The molecular formula is C9H12N2Na3O14P3. The van der Waals surface area contributed by atoms with Gasteiger partial charge in [-0.1, -0.05) is 0 Å². The van der Waals surface area contributed by atoms with Gasteiger partial charge in [-0.15, -0.1) is 0 Å². The number of phosphoric acid groups is 3. The van der Waals surface area contributed by atoms with Crippen LogP contribution in [0.5, 0.6) is 0 Å². The molecule has 16 nitrogen and oxygen atoms in total. The number of aliphatic hydroxyl groups excluding tert-OH is 1. The minimum Gasteiger partial charge on any atom is -0.756 e. The van der Waals surface area contributed by atoms with Gasteiger partial charge in [0.15, 0.2) is 6.23 Å². The molecule has 1 saturated heterocycles. The van der Waals surface area contributed by atoms with E-state index < -0.39 is 59.8 Å². The number of aromatic nitrogens is 2. The largest absolute Gasteiger partial charge is 1.00 e. The van der Waals surface area contributed by atoms with E-state index in [1.54, 1.807) is 0 Å². The molecule has 0 spiro atoms. The number of phosphoric ester groups is 1. The molecule has 1 aromatic rings. The maximum atomic E-state index is 11.7. The Bertz CT molecular complexity index is 980. The van der Waals surface area contributed by atoms with Gasteiger partial charge in [-0.25, -0.2) is 13.4 Å². The summed E-state index contributed by atoms with van der Waals surface area (Å²) in [6, 6.07) is 0.975. The third-order valence-electron chi connectivity index (χ3n) is 3.11. The first-order valence-electron chi connectivity index (χ1n) is 7.05. The van der Waals surface area contributed by atoms with E-state index in [0.29, 0.717) is 0 Å². The standard InChI is InChI=1S/C9H15N2O14P3.3Na/c12-6-3-5(23-8(6)11-2-1-7(13)10-9(11)14)4-22-27(18,19)25-28(20,21)24-26(15,16)17;;;/h1-2,5-6,8,12H,3-4H2,(H,18,19)(H,20,21)(H,10,13,14)(H2,15,16,17);;;/q;3*+1/p-3. The molecule has 6 unspecified atom stereocenters. The fourth-order valence-electron chi connectivity index (χ4n) is 2.18. The average molecular weight is 534 g/mol. The monoisotopic (exact) mass is 534 g/mol. The molecule has 160 valence electrons. The van der Waals surface area contributed by atoms with E-state index in [0.717, 1.165) is 16.8 Å². The van der Waals surface area contributed by atoms with Crippen molar-refractivity contribution in [3.8, 4) is 0 Å². The number of hydrogen-bond acceptors (Lipinski definition) is 13. The van der Waals surface area contributed by atoms with E-state index in [9.17, 15) is 43.1 Å². The molecule has 1 aliphatic rings. The number of ether oxygens (including phenoxy) is 1. The number of nitrogens with one attached hydrogen (secondary N) is 1. The first-order valence-corrected chi connectivity index (χ1v) is 11.5. The summed E-state index contributed by atoms with van der Waals surface area (Å²) in [5, 5.41) is 9.93. The molecule has 2 heterocycles. The van der Waals surface area contributed by atoms with Crippen LogP contribution < -0.4 is 115 Å². The molecule has 1 aromatic heterocycles. The van der Waals surface area contributed by atoms with Crippen LogP contribution in [0.15, 0.2) is 21.9 Å². The summed E-state index contributed by atoms with van der Waals surface area (Å²) in [6.07, 6.45) is -3.02. The summed E-state index contributed by atoms with van der Waals surface area (Å²) < 4.78 is 49.7. The summed E-state index contributed by atoms with van der Waals surface area (Å²) >= 11 is 0. The van der Waals surface area contributed by atoms with Crippen molar-refractivity contribution in [3.63, 3.8) is 0 Å². The molecule has 0 amide bonds. The van der Waals surface area contributed by atoms with E-state index >= 15 is 0 Å². The first kappa shape index (κ1) is 35.2. The number of H-pyrrole nitrogens is 1. The summed E-state index contributed by atoms with van der Waals surface area (Å²) in [5.41, 5.74) is -1.61. The number of rotatable bonds is 8. The van der Waals surface area contributed by atoms with Crippen molar-refractivity contribution in [2.75, 3.05) is 6.61 Å². The molecule has 0 aliphatic carbocycles. The number of aliphatic hydroxyl groups is 1. The van der Waals surface area contributed by atoms with E-state index in [1.165, 1.54) is 0 Å². The SMILES string of the molecule is O=c1ccn(C2OC(COP(=O)([O-])OP(=O)([O-])OP(=O)([O-])O)CC2O)c(=O)[nH]1.[Na+].[Na+].[Na+]. The molecule has 0 radical (unpaired) electrons. The van der Waals surface area contributed by atoms with Crippen LogP contribution in [0.1, 0.15) is 12.6 Å². The van der Waals surface area contributed by atoms with Crippen LogP contribution in [0.3, 0.4) is 0 Å². The van der Waals surface area contributed by atoms with Gasteiger partial charge in [0.05, 0.1) is 12.7 Å². The van der Waals surface area contributed by atoms with Gasteiger partial charge in [-0.05, 0) is 0 Å². The molecule has 22 heteroatoms. The predicted octanol–water partition coefficient (Wildman–Crippen LogP) is -12.4. The van der Waals surface area contributed by atoms with Gasteiger partial charge in [-0.3, -0.25) is 28.0 Å². The fraction of sp³-hybridized carbons (Fsp3) is 0.556. The Labute approximate surface area is 240 Å². The quantitative estimate of drug-likeness (QED) is 0.207. The van der Waals surface area contributed by atoms with Crippen LogP contribution in [-0.2, 0) is 31.6 Å². The summed E-state index contributed by atoms with van der Waals surface area (Å²) in [4.78, 5) is 65.8. The van der Waals surface area contributed by atoms with E-state index in [2.05, 4.69) is 13.1 Å². The van der Waals surface area contributed by atoms with Gasteiger partial charge in [0.2, 0.25) is 0 Å². The molecule has 0 saturated carbocycles. The van der Waals surface area contributed by atoms with Crippen molar-refractivity contribution < 1.29 is 145 Å².